The molecule has 23 heavy (non-hydrogen) atoms. The van der Waals surface area contributed by atoms with Crippen LogP contribution in [-0.2, 0) is 23.2 Å². The van der Waals surface area contributed by atoms with Crippen molar-refractivity contribution < 1.29 is 9.59 Å². The van der Waals surface area contributed by atoms with Gasteiger partial charge in [-0.05, 0) is 18.8 Å². The first-order chi connectivity index (χ1) is 11.1. The molecule has 0 aromatic carbocycles. The molecule has 1 saturated carbocycles. The lowest BCUT2D eigenvalue weighted by Gasteiger charge is -2.32. The number of amides is 2. The van der Waals surface area contributed by atoms with E-state index in [0.29, 0.717) is 25.4 Å². The number of carbonyl (C=O) groups excluding carboxylic acids is 2. The summed E-state index contributed by atoms with van der Waals surface area (Å²) in [5, 5.41) is 7.13. The van der Waals surface area contributed by atoms with Crippen LogP contribution in [0.25, 0.3) is 0 Å². The molecule has 0 bridgehead atoms. The van der Waals surface area contributed by atoms with Crippen LogP contribution in [0.2, 0.25) is 0 Å². The van der Waals surface area contributed by atoms with E-state index in [0.717, 1.165) is 24.1 Å². The monoisotopic (exact) mass is 318 g/mol. The van der Waals surface area contributed by atoms with Gasteiger partial charge in [-0.1, -0.05) is 19.3 Å². The Hall–Kier alpha value is -1.85. The van der Waals surface area contributed by atoms with Crippen LogP contribution in [0.1, 0.15) is 55.7 Å². The number of rotatable bonds is 3. The standard InChI is InChI=1S/C17H26N4O2/c1-18-17(23)14-11-21(10-13-9-20(2)19-16(13)14)15(22)8-12-6-4-3-5-7-12/h9,12,14H,3-8,10-11H2,1-2H3,(H,18,23)/t14-/m1/s1. The second-order valence-corrected chi connectivity index (χ2v) is 6.86. The van der Waals surface area contributed by atoms with Gasteiger partial charge >= 0.3 is 0 Å². The third kappa shape index (κ3) is 3.41. The molecule has 2 amide bonds. The fraction of sp³-hybridized carbons (Fsp3) is 0.706. The summed E-state index contributed by atoms with van der Waals surface area (Å²) in [6.45, 7) is 1.01. The number of hydrogen-bond acceptors (Lipinski definition) is 3. The molecular weight excluding hydrogens is 292 g/mol. The molecule has 2 heterocycles. The van der Waals surface area contributed by atoms with Gasteiger partial charge in [0.05, 0.1) is 11.6 Å². The fourth-order valence-corrected chi connectivity index (χ4v) is 3.89. The van der Waals surface area contributed by atoms with Crippen molar-refractivity contribution >= 4 is 11.8 Å². The fourth-order valence-electron chi connectivity index (χ4n) is 3.89. The van der Waals surface area contributed by atoms with Gasteiger partial charge in [-0.3, -0.25) is 14.3 Å². The Labute approximate surface area is 137 Å². The molecule has 0 spiro atoms. The van der Waals surface area contributed by atoms with E-state index in [-0.39, 0.29) is 17.7 Å². The highest BCUT2D eigenvalue weighted by atomic mass is 16.2. The molecule has 1 aromatic rings. The summed E-state index contributed by atoms with van der Waals surface area (Å²) in [5.74, 6) is 0.269. The summed E-state index contributed by atoms with van der Waals surface area (Å²) >= 11 is 0. The average Bonchev–Trinajstić information content (AvgIpc) is 2.94. The summed E-state index contributed by atoms with van der Waals surface area (Å²) in [6.07, 6.45) is 8.65. The molecule has 2 aliphatic rings. The van der Waals surface area contributed by atoms with Crippen molar-refractivity contribution in [1.29, 1.82) is 0 Å². The minimum atomic E-state index is -0.361. The van der Waals surface area contributed by atoms with Gasteiger partial charge in [-0.25, -0.2) is 0 Å². The molecule has 6 heteroatoms. The minimum absolute atomic E-state index is 0.0693. The molecule has 1 atom stereocenters. The summed E-state index contributed by atoms with van der Waals surface area (Å²) in [5.41, 5.74) is 1.80. The first-order valence-corrected chi connectivity index (χ1v) is 8.60. The minimum Gasteiger partial charge on any atom is -0.359 e. The van der Waals surface area contributed by atoms with Gasteiger partial charge in [-0.15, -0.1) is 0 Å². The molecule has 0 unspecified atom stereocenters. The lowest BCUT2D eigenvalue weighted by Crippen LogP contribution is -2.43. The highest BCUT2D eigenvalue weighted by Crippen LogP contribution is 2.30. The maximum absolute atomic E-state index is 12.7. The molecule has 1 fully saturated rings. The van der Waals surface area contributed by atoms with Gasteiger partial charge in [0.1, 0.15) is 0 Å². The lowest BCUT2D eigenvalue weighted by molar-refractivity contribution is -0.134. The van der Waals surface area contributed by atoms with Gasteiger partial charge in [0.2, 0.25) is 11.8 Å². The molecule has 1 aliphatic carbocycles. The van der Waals surface area contributed by atoms with Crippen molar-refractivity contribution in [3.05, 3.63) is 17.5 Å². The van der Waals surface area contributed by atoms with Crippen LogP contribution in [-0.4, -0.2) is 40.1 Å². The number of hydrogen-bond donors (Lipinski definition) is 1. The number of carbonyl (C=O) groups is 2. The van der Waals surface area contributed by atoms with Crippen molar-refractivity contribution in [3.8, 4) is 0 Å². The smallest absolute Gasteiger partial charge is 0.230 e. The zero-order valence-corrected chi connectivity index (χ0v) is 14.0. The van der Waals surface area contributed by atoms with E-state index in [2.05, 4.69) is 10.4 Å². The summed E-state index contributed by atoms with van der Waals surface area (Å²) in [6, 6.07) is 0. The van der Waals surface area contributed by atoms with E-state index < -0.39 is 0 Å². The zero-order chi connectivity index (χ0) is 16.4. The maximum atomic E-state index is 12.7. The number of nitrogens with zero attached hydrogens (tertiary/aromatic N) is 3. The predicted octanol–water partition coefficient (Wildman–Crippen LogP) is 1.56. The Bertz CT molecular complexity index is 589. The van der Waals surface area contributed by atoms with E-state index in [1.807, 2.05) is 18.1 Å². The molecule has 1 aliphatic heterocycles. The second kappa shape index (κ2) is 6.72. The quantitative estimate of drug-likeness (QED) is 0.920. The number of likely N-dealkylation sites (N-methyl/N-ethyl adjacent to an activating group) is 1. The molecule has 1 N–H and O–H groups in total. The first-order valence-electron chi connectivity index (χ1n) is 8.60. The third-order valence-electron chi connectivity index (χ3n) is 5.14. The summed E-state index contributed by atoms with van der Waals surface area (Å²) in [4.78, 5) is 26.8. The molecule has 0 saturated heterocycles. The van der Waals surface area contributed by atoms with Crippen LogP contribution in [0.15, 0.2) is 6.20 Å². The highest BCUT2D eigenvalue weighted by Gasteiger charge is 2.35. The SMILES string of the molecule is CNC(=O)[C@@H]1CN(C(=O)CC2CCCCC2)Cc2cn(C)nc21. The molecule has 0 radical (unpaired) electrons. The van der Waals surface area contributed by atoms with Gasteiger partial charge in [-0.2, -0.15) is 5.10 Å². The van der Waals surface area contributed by atoms with Crippen LogP contribution < -0.4 is 5.32 Å². The van der Waals surface area contributed by atoms with Crippen LogP contribution >= 0.6 is 0 Å². The Balaban J connectivity index is 1.73. The van der Waals surface area contributed by atoms with Crippen molar-refractivity contribution in [1.82, 2.24) is 20.0 Å². The Morgan fingerprint density at radius 1 is 1.30 bits per heavy atom. The van der Waals surface area contributed by atoms with E-state index in [1.165, 1.54) is 19.3 Å². The van der Waals surface area contributed by atoms with Crippen LogP contribution in [0, 0.1) is 5.92 Å². The van der Waals surface area contributed by atoms with Gasteiger partial charge in [0.15, 0.2) is 0 Å². The highest BCUT2D eigenvalue weighted by molar-refractivity contribution is 5.85. The first kappa shape index (κ1) is 16.0. The van der Waals surface area contributed by atoms with E-state index in [4.69, 9.17) is 0 Å². The van der Waals surface area contributed by atoms with E-state index in [9.17, 15) is 9.59 Å². The maximum Gasteiger partial charge on any atom is 0.230 e. The van der Waals surface area contributed by atoms with Crippen LogP contribution in [0.4, 0.5) is 0 Å². The zero-order valence-electron chi connectivity index (χ0n) is 14.0. The Morgan fingerprint density at radius 3 is 2.74 bits per heavy atom. The number of aryl methyl sites for hydroxylation is 1. The molecule has 1 aromatic heterocycles. The second-order valence-electron chi connectivity index (χ2n) is 6.86. The van der Waals surface area contributed by atoms with Crippen LogP contribution in [0.5, 0.6) is 0 Å². The van der Waals surface area contributed by atoms with Crippen molar-refractivity contribution in [2.24, 2.45) is 13.0 Å². The van der Waals surface area contributed by atoms with Crippen molar-refractivity contribution in [3.63, 3.8) is 0 Å². The molecule has 6 nitrogen and oxygen atoms in total. The molecular formula is C17H26N4O2. The number of nitrogens with one attached hydrogen (secondary N) is 1. The summed E-state index contributed by atoms with van der Waals surface area (Å²) < 4.78 is 1.73. The molecule has 3 rings (SSSR count). The number of fused-ring (bicyclic) bond motifs is 1. The summed E-state index contributed by atoms with van der Waals surface area (Å²) in [7, 11) is 3.49. The largest absolute Gasteiger partial charge is 0.359 e. The lowest BCUT2D eigenvalue weighted by atomic mass is 9.86. The van der Waals surface area contributed by atoms with Gasteiger partial charge in [0, 0.05) is 45.4 Å². The van der Waals surface area contributed by atoms with Gasteiger partial charge < -0.3 is 10.2 Å². The van der Waals surface area contributed by atoms with Gasteiger partial charge in [0.25, 0.3) is 0 Å². The average molecular weight is 318 g/mol. The van der Waals surface area contributed by atoms with E-state index in [1.54, 1.807) is 11.7 Å². The Morgan fingerprint density at radius 2 is 2.04 bits per heavy atom. The Kier molecular flexibility index (Phi) is 4.68. The number of aromatic nitrogens is 2. The third-order valence-corrected chi connectivity index (χ3v) is 5.14. The normalized spacial score (nSPS) is 21.8. The topological polar surface area (TPSA) is 67.2 Å². The van der Waals surface area contributed by atoms with E-state index >= 15 is 0 Å². The predicted molar refractivity (Wildman–Crippen MR) is 86.6 cm³/mol. The van der Waals surface area contributed by atoms with Crippen LogP contribution in [0.3, 0.4) is 0 Å². The van der Waals surface area contributed by atoms with Crippen molar-refractivity contribution in [2.45, 2.75) is 51.0 Å². The van der Waals surface area contributed by atoms with Crippen molar-refractivity contribution in [2.75, 3.05) is 13.6 Å². The molecule has 126 valence electrons.